The monoisotopic (exact) mass is 235 g/mol. The Morgan fingerprint density at radius 1 is 0.941 bits per heavy atom. The van der Waals surface area contributed by atoms with Crippen molar-refractivity contribution in [2.45, 2.75) is 13.8 Å². The average molecular weight is 235 g/mol. The normalized spacial score (nSPS) is 17.4. The lowest BCUT2D eigenvalue weighted by Crippen LogP contribution is -2.42. The molecular weight excluding hydrogens is 210 g/mol. The second-order valence-corrected chi connectivity index (χ2v) is 4.90. The fourth-order valence-electron chi connectivity index (χ4n) is 1.68. The van der Waals surface area contributed by atoms with Crippen LogP contribution in [0.25, 0.3) is 0 Å². The van der Waals surface area contributed by atoms with Crippen LogP contribution >= 0.6 is 0 Å². The number of nitrogen functional groups attached to an aromatic ring is 1. The Kier molecular flexibility index (Phi) is 5.45. The summed E-state index contributed by atoms with van der Waals surface area (Å²) in [5.41, 5.74) is 8.96. The third kappa shape index (κ3) is 4.75. The van der Waals surface area contributed by atoms with Gasteiger partial charge in [0.1, 0.15) is 0 Å². The Labute approximate surface area is 105 Å². The van der Waals surface area contributed by atoms with Gasteiger partial charge in [0.15, 0.2) is 0 Å². The van der Waals surface area contributed by atoms with Gasteiger partial charge in [0.05, 0.1) is 0 Å². The van der Waals surface area contributed by atoms with E-state index in [1.54, 1.807) is 0 Å². The Hall–Kier alpha value is -1.06. The summed E-state index contributed by atoms with van der Waals surface area (Å²) >= 11 is 0. The van der Waals surface area contributed by atoms with Crippen LogP contribution in [-0.2, 0) is 0 Å². The highest BCUT2D eigenvalue weighted by Crippen LogP contribution is 2.13. The molecule has 1 fully saturated rings. The van der Waals surface area contributed by atoms with Gasteiger partial charge in [-0.05, 0) is 45.1 Å². The number of anilines is 1. The number of nitrogens with zero attached hydrogens (tertiary/aromatic N) is 2. The highest BCUT2D eigenvalue weighted by molar-refractivity contribution is 5.49. The molecule has 0 saturated carbocycles. The van der Waals surface area contributed by atoms with E-state index >= 15 is 0 Å². The molecule has 0 bridgehead atoms. The van der Waals surface area contributed by atoms with Crippen LogP contribution in [0.5, 0.6) is 0 Å². The predicted molar refractivity (Wildman–Crippen MR) is 75.3 cm³/mol. The van der Waals surface area contributed by atoms with Gasteiger partial charge in [-0.15, -0.1) is 0 Å². The van der Waals surface area contributed by atoms with E-state index in [0.29, 0.717) is 0 Å². The molecule has 0 atom stereocenters. The summed E-state index contributed by atoms with van der Waals surface area (Å²) in [7, 11) is 4.35. The summed E-state index contributed by atoms with van der Waals surface area (Å²) in [4.78, 5) is 4.72. The minimum absolute atomic E-state index is 0.884. The average Bonchev–Trinajstić information content (AvgIpc) is 2.31. The van der Waals surface area contributed by atoms with E-state index in [4.69, 9.17) is 5.73 Å². The summed E-state index contributed by atoms with van der Waals surface area (Å²) in [6.45, 7) is 9.02. The number of nitrogens with two attached hydrogens (primary N) is 1. The predicted octanol–water partition coefficient (Wildman–Crippen LogP) is 1.75. The number of aryl methyl sites for hydroxylation is 1. The van der Waals surface area contributed by atoms with Crippen molar-refractivity contribution in [1.29, 1.82) is 0 Å². The first kappa shape index (κ1) is 14.0. The van der Waals surface area contributed by atoms with Crippen LogP contribution in [-0.4, -0.2) is 50.1 Å². The van der Waals surface area contributed by atoms with E-state index in [1.807, 2.05) is 19.1 Å². The highest BCUT2D eigenvalue weighted by atomic mass is 15.2. The molecule has 0 aliphatic carbocycles. The first-order valence-corrected chi connectivity index (χ1v) is 6.19. The molecule has 17 heavy (non-hydrogen) atoms. The van der Waals surface area contributed by atoms with E-state index in [1.165, 1.54) is 37.3 Å². The maximum absolute atomic E-state index is 5.62. The fraction of sp³-hybridized carbons (Fsp3) is 0.571. The Morgan fingerprint density at radius 3 is 1.76 bits per heavy atom. The molecule has 3 heteroatoms. The molecule has 2 rings (SSSR count). The Balaban J connectivity index is 0.000000171. The molecule has 0 spiro atoms. The number of hydrogen-bond donors (Lipinski definition) is 1. The van der Waals surface area contributed by atoms with Crippen LogP contribution < -0.4 is 5.73 Å². The van der Waals surface area contributed by atoms with Crippen LogP contribution in [0.2, 0.25) is 0 Å². The van der Waals surface area contributed by atoms with Gasteiger partial charge in [0.2, 0.25) is 0 Å². The first-order valence-electron chi connectivity index (χ1n) is 6.19. The number of hydrogen-bond acceptors (Lipinski definition) is 3. The number of likely N-dealkylation sites (N-methyl/N-ethyl adjacent to an activating group) is 2. The van der Waals surface area contributed by atoms with Crippen LogP contribution in [0.3, 0.4) is 0 Å². The third-order valence-electron chi connectivity index (χ3n) is 3.37. The molecule has 0 radical (unpaired) electrons. The maximum Gasteiger partial charge on any atom is 0.0346 e. The van der Waals surface area contributed by atoms with Crippen LogP contribution in [0.15, 0.2) is 18.2 Å². The van der Waals surface area contributed by atoms with E-state index < -0.39 is 0 Å². The van der Waals surface area contributed by atoms with Gasteiger partial charge in [0, 0.05) is 31.9 Å². The van der Waals surface area contributed by atoms with E-state index in [-0.39, 0.29) is 0 Å². The molecule has 3 nitrogen and oxygen atoms in total. The quantitative estimate of drug-likeness (QED) is 0.695. The van der Waals surface area contributed by atoms with E-state index in [0.717, 1.165) is 5.69 Å². The van der Waals surface area contributed by atoms with Crippen molar-refractivity contribution in [3.8, 4) is 0 Å². The van der Waals surface area contributed by atoms with Crippen molar-refractivity contribution in [1.82, 2.24) is 9.80 Å². The van der Waals surface area contributed by atoms with Crippen LogP contribution in [0, 0.1) is 13.8 Å². The summed E-state index contributed by atoms with van der Waals surface area (Å²) in [5.74, 6) is 0. The zero-order valence-electron chi connectivity index (χ0n) is 11.5. The van der Waals surface area contributed by atoms with Crippen LogP contribution in [0.1, 0.15) is 11.1 Å². The molecule has 2 N–H and O–H groups in total. The molecular formula is C14H25N3. The standard InChI is InChI=1S/C8H11N.C6H14N2/c1-6-4-3-5-8(9)7(6)2;1-7-3-5-8(2)6-4-7/h3-5H,9H2,1-2H3;3-6H2,1-2H3. The second-order valence-electron chi connectivity index (χ2n) is 4.90. The molecule has 0 unspecified atom stereocenters. The lowest BCUT2D eigenvalue weighted by molar-refractivity contribution is 0.181. The number of rotatable bonds is 0. The Bertz CT molecular complexity index is 311. The maximum atomic E-state index is 5.62. The topological polar surface area (TPSA) is 32.5 Å². The molecule has 0 aromatic heterocycles. The summed E-state index contributed by atoms with van der Waals surface area (Å²) in [6, 6.07) is 5.95. The zero-order valence-corrected chi connectivity index (χ0v) is 11.5. The van der Waals surface area contributed by atoms with Gasteiger partial charge >= 0.3 is 0 Å². The SMILES string of the molecule is CN1CCN(C)CC1.Cc1cccc(N)c1C. The molecule has 0 amide bonds. The van der Waals surface area contributed by atoms with E-state index in [9.17, 15) is 0 Å². The lowest BCUT2D eigenvalue weighted by Gasteiger charge is -2.28. The van der Waals surface area contributed by atoms with Gasteiger partial charge in [-0.3, -0.25) is 0 Å². The molecule has 1 saturated heterocycles. The molecule has 1 aromatic rings. The summed E-state index contributed by atoms with van der Waals surface area (Å²) in [5, 5.41) is 0. The largest absolute Gasteiger partial charge is 0.399 e. The van der Waals surface area contributed by atoms with Gasteiger partial charge < -0.3 is 15.5 Å². The highest BCUT2D eigenvalue weighted by Gasteiger charge is 2.07. The Morgan fingerprint density at radius 2 is 1.41 bits per heavy atom. The van der Waals surface area contributed by atoms with Crippen molar-refractivity contribution >= 4 is 5.69 Å². The second kappa shape index (κ2) is 6.62. The van der Waals surface area contributed by atoms with E-state index in [2.05, 4.69) is 36.9 Å². The minimum atomic E-state index is 0.884. The summed E-state index contributed by atoms with van der Waals surface area (Å²) in [6.07, 6.45) is 0. The third-order valence-corrected chi connectivity index (χ3v) is 3.37. The molecule has 1 aromatic carbocycles. The van der Waals surface area contributed by atoms with Crippen molar-refractivity contribution in [3.63, 3.8) is 0 Å². The van der Waals surface area contributed by atoms with Crippen molar-refractivity contribution in [2.24, 2.45) is 0 Å². The molecule has 1 heterocycles. The zero-order chi connectivity index (χ0) is 12.8. The minimum Gasteiger partial charge on any atom is -0.399 e. The van der Waals surface area contributed by atoms with Crippen molar-refractivity contribution in [2.75, 3.05) is 46.0 Å². The summed E-state index contributed by atoms with van der Waals surface area (Å²) < 4.78 is 0. The molecule has 96 valence electrons. The number of piperazine rings is 1. The fourth-order valence-corrected chi connectivity index (χ4v) is 1.68. The lowest BCUT2D eigenvalue weighted by atomic mass is 10.1. The van der Waals surface area contributed by atoms with Gasteiger partial charge in [-0.2, -0.15) is 0 Å². The smallest absolute Gasteiger partial charge is 0.0346 e. The van der Waals surface area contributed by atoms with Gasteiger partial charge in [-0.25, -0.2) is 0 Å². The molecule has 1 aliphatic rings. The van der Waals surface area contributed by atoms with Gasteiger partial charge in [-0.1, -0.05) is 12.1 Å². The van der Waals surface area contributed by atoms with Crippen LogP contribution in [0.4, 0.5) is 5.69 Å². The van der Waals surface area contributed by atoms with Crippen molar-refractivity contribution in [3.05, 3.63) is 29.3 Å². The van der Waals surface area contributed by atoms with Crippen molar-refractivity contribution < 1.29 is 0 Å². The van der Waals surface area contributed by atoms with Gasteiger partial charge in [0.25, 0.3) is 0 Å². The molecule has 1 aliphatic heterocycles. The number of benzene rings is 1. The first-order chi connectivity index (χ1) is 8.00.